The summed E-state index contributed by atoms with van der Waals surface area (Å²) >= 11 is 2.27. The van der Waals surface area contributed by atoms with E-state index in [0.717, 1.165) is 34.9 Å². The van der Waals surface area contributed by atoms with E-state index in [-0.39, 0.29) is 0 Å². The van der Waals surface area contributed by atoms with Crippen molar-refractivity contribution in [1.29, 1.82) is 0 Å². The van der Waals surface area contributed by atoms with Crippen LogP contribution in [0.25, 0.3) is 0 Å². The number of thioether (sulfide) groups is 1. The van der Waals surface area contributed by atoms with Gasteiger partial charge in [-0.2, -0.15) is 11.8 Å². The van der Waals surface area contributed by atoms with Gasteiger partial charge in [-0.05, 0) is 31.1 Å². The highest BCUT2D eigenvalue weighted by Gasteiger charge is 2.54. The highest BCUT2D eigenvalue weighted by Crippen LogP contribution is 2.61. The minimum Gasteiger partial charge on any atom is -0.501 e. The zero-order valence-corrected chi connectivity index (χ0v) is 9.34. The van der Waals surface area contributed by atoms with Crippen LogP contribution in [0.1, 0.15) is 25.7 Å². The van der Waals surface area contributed by atoms with Gasteiger partial charge in [0.05, 0.1) is 12.9 Å². The predicted molar refractivity (Wildman–Crippen MR) is 60.3 cm³/mol. The molecule has 1 nitrogen and oxygen atoms in total. The first-order chi connectivity index (χ1) is 6.90. The van der Waals surface area contributed by atoms with Crippen LogP contribution in [0.3, 0.4) is 0 Å². The lowest BCUT2D eigenvalue weighted by molar-refractivity contribution is 0.149. The molecule has 0 aromatic heterocycles. The summed E-state index contributed by atoms with van der Waals surface area (Å²) in [4.78, 5) is 0. The van der Waals surface area contributed by atoms with Crippen LogP contribution < -0.4 is 0 Å². The third kappa shape index (κ3) is 1.23. The lowest BCUT2D eigenvalue weighted by Crippen LogP contribution is -2.31. The average molecular weight is 210 g/mol. The van der Waals surface area contributed by atoms with Gasteiger partial charge in [0.15, 0.2) is 0 Å². The van der Waals surface area contributed by atoms with Crippen molar-refractivity contribution in [3.05, 3.63) is 12.8 Å². The Morgan fingerprint density at radius 3 is 3.07 bits per heavy atom. The maximum Gasteiger partial charge on any atom is 0.0912 e. The summed E-state index contributed by atoms with van der Waals surface area (Å²) in [7, 11) is 0. The number of hydrogen-bond donors (Lipinski definition) is 0. The van der Waals surface area contributed by atoms with Gasteiger partial charge in [0.2, 0.25) is 0 Å². The average Bonchev–Trinajstić information content (AvgIpc) is 2.85. The topological polar surface area (TPSA) is 9.23 Å². The molecule has 1 saturated carbocycles. The molecule has 3 rings (SSSR count). The quantitative estimate of drug-likeness (QED) is 0.662. The molecule has 1 aliphatic carbocycles. The molecule has 78 valence electrons. The lowest BCUT2D eigenvalue weighted by Gasteiger charge is -2.29. The fourth-order valence-electron chi connectivity index (χ4n) is 3.77. The summed E-state index contributed by atoms with van der Waals surface area (Å²) in [6.07, 6.45) is 7.49. The van der Waals surface area contributed by atoms with Crippen LogP contribution in [0.2, 0.25) is 0 Å². The molecule has 14 heavy (non-hydrogen) atoms. The molecule has 2 aliphatic heterocycles. The number of hydrogen-bond acceptors (Lipinski definition) is 2. The summed E-state index contributed by atoms with van der Waals surface area (Å²) in [5, 5.41) is 1.90. The molecule has 3 fully saturated rings. The van der Waals surface area contributed by atoms with Crippen LogP contribution >= 0.6 is 11.8 Å². The number of fused-ring (bicyclic) bond motifs is 5. The molecular weight excluding hydrogens is 192 g/mol. The van der Waals surface area contributed by atoms with Crippen molar-refractivity contribution in [2.45, 2.75) is 36.2 Å². The van der Waals surface area contributed by atoms with Crippen LogP contribution in [0.4, 0.5) is 0 Å². The maximum absolute atomic E-state index is 5.37. The summed E-state index contributed by atoms with van der Waals surface area (Å²) < 4.78 is 5.37. The summed E-state index contributed by atoms with van der Waals surface area (Å²) in [5.41, 5.74) is 0. The molecule has 0 radical (unpaired) electrons. The molecule has 3 aliphatic rings. The van der Waals surface area contributed by atoms with Gasteiger partial charge in [-0.1, -0.05) is 13.0 Å². The van der Waals surface area contributed by atoms with Crippen LogP contribution in [-0.2, 0) is 4.74 Å². The number of ether oxygens (including phenoxy) is 1. The fraction of sp³-hybridized carbons (Fsp3) is 0.833. The van der Waals surface area contributed by atoms with Crippen molar-refractivity contribution in [3.8, 4) is 0 Å². The van der Waals surface area contributed by atoms with E-state index in [9.17, 15) is 0 Å². The van der Waals surface area contributed by atoms with Gasteiger partial charge in [-0.15, -0.1) is 0 Å². The Balaban J connectivity index is 1.68. The van der Waals surface area contributed by atoms with E-state index in [4.69, 9.17) is 4.74 Å². The molecule has 2 saturated heterocycles. The van der Waals surface area contributed by atoms with E-state index >= 15 is 0 Å². The Bertz CT molecular complexity index is 240. The van der Waals surface area contributed by atoms with Gasteiger partial charge in [0.25, 0.3) is 0 Å². The van der Waals surface area contributed by atoms with Crippen molar-refractivity contribution in [3.63, 3.8) is 0 Å². The summed E-state index contributed by atoms with van der Waals surface area (Å²) in [6, 6.07) is 0. The summed E-state index contributed by atoms with van der Waals surface area (Å²) in [5.74, 6) is 2.93. The van der Waals surface area contributed by atoms with E-state index in [1.807, 2.05) is 0 Å². The van der Waals surface area contributed by atoms with Crippen LogP contribution in [0, 0.1) is 17.8 Å². The lowest BCUT2D eigenvalue weighted by atomic mass is 9.76. The SMILES string of the molecule is C=COCC1CC2SC1C1CCCC21. The molecule has 2 heteroatoms. The second kappa shape index (κ2) is 3.48. The standard InChI is InChI=1S/C12H18OS/c1-2-13-7-8-6-11-9-4-3-5-10(9)12(8)14-11/h2,8-12H,1,3-7H2. The smallest absolute Gasteiger partial charge is 0.0912 e. The normalized spacial score (nSPS) is 49.3. The van der Waals surface area contributed by atoms with E-state index in [2.05, 4.69) is 18.3 Å². The highest BCUT2D eigenvalue weighted by atomic mass is 32.2. The Kier molecular flexibility index (Phi) is 2.27. The Hall–Kier alpha value is -0.110. The van der Waals surface area contributed by atoms with Gasteiger partial charge in [-0.3, -0.25) is 0 Å². The first-order valence-corrected chi connectivity index (χ1v) is 6.72. The molecule has 0 N–H and O–H groups in total. The maximum atomic E-state index is 5.37. The third-order valence-corrected chi connectivity index (χ3v) is 6.22. The molecular formula is C12H18OS. The molecule has 5 unspecified atom stereocenters. The molecule has 2 heterocycles. The van der Waals surface area contributed by atoms with Gasteiger partial charge >= 0.3 is 0 Å². The Morgan fingerprint density at radius 1 is 1.36 bits per heavy atom. The Labute approximate surface area is 90.3 Å². The van der Waals surface area contributed by atoms with E-state index < -0.39 is 0 Å². The van der Waals surface area contributed by atoms with Crippen LogP contribution in [0.15, 0.2) is 12.8 Å². The van der Waals surface area contributed by atoms with Gasteiger partial charge in [-0.25, -0.2) is 0 Å². The first kappa shape index (κ1) is 9.14. The molecule has 0 aromatic carbocycles. The second-order valence-electron chi connectivity index (χ2n) is 4.89. The zero-order chi connectivity index (χ0) is 9.54. The Morgan fingerprint density at radius 2 is 2.21 bits per heavy atom. The van der Waals surface area contributed by atoms with Crippen LogP contribution in [-0.4, -0.2) is 17.1 Å². The number of rotatable bonds is 3. The van der Waals surface area contributed by atoms with Crippen molar-refractivity contribution in [1.82, 2.24) is 0 Å². The minimum absolute atomic E-state index is 0.822. The van der Waals surface area contributed by atoms with Gasteiger partial charge in [0, 0.05) is 16.4 Å². The van der Waals surface area contributed by atoms with Gasteiger partial charge in [0.1, 0.15) is 0 Å². The largest absolute Gasteiger partial charge is 0.501 e. The second-order valence-corrected chi connectivity index (χ2v) is 6.32. The van der Waals surface area contributed by atoms with Crippen molar-refractivity contribution < 1.29 is 4.74 Å². The van der Waals surface area contributed by atoms with E-state index in [1.165, 1.54) is 25.7 Å². The van der Waals surface area contributed by atoms with Crippen molar-refractivity contribution in [2.75, 3.05) is 6.61 Å². The third-order valence-electron chi connectivity index (χ3n) is 4.28. The molecule has 5 atom stereocenters. The zero-order valence-electron chi connectivity index (χ0n) is 8.52. The highest BCUT2D eigenvalue weighted by molar-refractivity contribution is 8.01. The van der Waals surface area contributed by atoms with Crippen molar-refractivity contribution >= 4 is 11.8 Å². The van der Waals surface area contributed by atoms with Crippen molar-refractivity contribution in [2.24, 2.45) is 17.8 Å². The van der Waals surface area contributed by atoms with E-state index in [0.29, 0.717) is 0 Å². The monoisotopic (exact) mass is 210 g/mol. The predicted octanol–water partition coefficient (Wildman–Crippen LogP) is 3.07. The summed E-state index contributed by atoms with van der Waals surface area (Å²) in [6.45, 7) is 4.54. The molecule has 0 amide bonds. The molecule has 0 spiro atoms. The molecule has 2 bridgehead atoms. The first-order valence-electron chi connectivity index (χ1n) is 5.78. The van der Waals surface area contributed by atoms with E-state index in [1.54, 1.807) is 6.26 Å². The van der Waals surface area contributed by atoms with Crippen LogP contribution in [0.5, 0.6) is 0 Å². The minimum atomic E-state index is 0.822. The van der Waals surface area contributed by atoms with Gasteiger partial charge < -0.3 is 4.74 Å². The molecule has 0 aromatic rings. The fourth-order valence-corrected chi connectivity index (χ4v) is 6.02.